The zero-order chi connectivity index (χ0) is 18.6. The Morgan fingerprint density at radius 3 is 2.96 bits per heavy atom. The lowest BCUT2D eigenvalue weighted by Crippen LogP contribution is -2.11. The maximum atomic E-state index is 12.2. The molecular weight excluding hydrogens is 380 g/mol. The number of aromatic nitrogens is 3. The predicted molar refractivity (Wildman–Crippen MR) is 111 cm³/mol. The minimum absolute atomic E-state index is 0.0531. The SMILES string of the molecule is CCOc1ccc2nc(NC(=O)CCSc3nc4ccccc4[nH]3)sc2c1. The van der Waals surface area contributed by atoms with Crippen LogP contribution in [0.1, 0.15) is 13.3 Å². The van der Waals surface area contributed by atoms with Crippen LogP contribution in [-0.2, 0) is 4.79 Å². The van der Waals surface area contributed by atoms with Crippen molar-refractivity contribution in [1.29, 1.82) is 0 Å². The molecular formula is C19H18N4O2S2. The van der Waals surface area contributed by atoms with Gasteiger partial charge in [-0.1, -0.05) is 35.2 Å². The summed E-state index contributed by atoms with van der Waals surface area (Å²) in [7, 11) is 0. The fraction of sp³-hybridized carbons (Fsp3) is 0.211. The first-order valence-corrected chi connectivity index (χ1v) is 10.4. The number of para-hydroxylation sites is 2. The molecule has 4 aromatic rings. The first kappa shape index (κ1) is 17.8. The molecule has 0 saturated heterocycles. The number of H-pyrrole nitrogens is 1. The van der Waals surface area contributed by atoms with Crippen molar-refractivity contribution in [3.8, 4) is 5.75 Å². The Labute approximate surface area is 164 Å². The number of amides is 1. The van der Waals surface area contributed by atoms with Crippen molar-refractivity contribution < 1.29 is 9.53 Å². The molecule has 0 saturated carbocycles. The number of carbonyl (C=O) groups excluding carboxylic acids is 1. The lowest BCUT2D eigenvalue weighted by Gasteiger charge is -2.00. The molecule has 0 aliphatic heterocycles. The number of hydrogen-bond acceptors (Lipinski definition) is 6. The Morgan fingerprint density at radius 2 is 2.11 bits per heavy atom. The van der Waals surface area contributed by atoms with Crippen molar-refractivity contribution in [2.45, 2.75) is 18.5 Å². The zero-order valence-electron chi connectivity index (χ0n) is 14.7. The molecule has 2 heterocycles. The van der Waals surface area contributed by atoms with Crippen molar-refractivity contribution in [3.63, 3.8) is 0 Å². The molecule has 0 unspecified atom stereocenters. The van der Waals surface area contributed by atoms with E-state index in [2.05, 4.69) is 20.3 Å². The van der Waals surface area contributed by atoms with Crippen LogP contribution in [-0.4, -0.2) is 33.2 Å². The maximum absolute atomic E-state index is 12.2. The summed E-state index contributed by atoms with van der Waals surface area (Å²) < 4.78 is 6.49. The molecule has 0 aliphatic rings. The van der Waals surface area contributed by atoms with Crippen LogP contribution in [0, 0.1) is 0 Å². The van der Waals surface area contributed by atoms with Gasteiger partial charge in [0, 0.05) is 12.2 Å². The molecule has 27 heavy (non-hydrogen) atoms. The molecule has 2 aromatic carbocycles. The van der Waals surface area contributed by atoms with Gasteiger partial charge in [-0.3, -0.25) is 4.79 Å². The molecule has 8 heteroatoms. The van der Waals surface area contributed by atoms with E-state index < -0.39 is 0 Å². The average molecular weight is 399 g/mol. The van der Waals surface area contributed by atoms with Gasteiger partial charge in [0.05, 0.1) is 27.9 Å². The Morgan fingerprint density at radius 1 is 1.22 bits per heavy atom. The van der Waals surface area contributed by atoms with Gasteiger partial charge in [0.15, 0.2) is 10.3 Å². The molecule has 0 fully saturated rings. The number of imidazole rings is 1. The number of nitrogens with one attached hydrogen (secondary N) is 2. The molecule has 4 rings (SSSR count). The van der Waals surface area contributed by atoms with Gasteiger partial charge in [0.1, 0.15) is 5.75 Å². The van der Waals surface area contributed by atoms with Gasteiger partial charge in [-0.2, -0.15) is 0 Å². The van der Waals surface area contributed by atoms with E-state index in [-0.39, 0.29) is 5.91 Å². The van der Waals surface area contributed by atoms with Gasteiger partial charge in [-0.05, 0) is 37.3 Å². The average Bonchev–Trinajstić information content (AvgIpc) is 3.24. The molecule has 0 spiro atoms. The number of rotatable bonds is 7. The third kappa shape index (κ3) is 4.23. The minimum Gasteiger partial charge on any atom is -0.494 e. The van der Waals surface area contributed by atoms with Crippen LogP contribution < -0.4 is 10.1 Å². The highest BCUT2D eigenvalue weighted by molar-refractivity contribution is 7.99. The van der Waals surface area contributed by atoms with Gasteiger partial charge in [-0.25, -0.2) is 9.97 Å². The number of ether oxygens (including phenoxy) is 1. The summed E-state index contributed by atoms with van der Waals surface area (Å²) in [4.78, 5) is 24.4. The topological polar surface area (TPSA) is 79.9 Å². The van der Waals surface area contributed by atoms with E-state index in [0.29, 0.717) is 23.9 Å². The Bertz CT molecular complexity index is 1060. The third-order valence-corrected chi connectivity index (χ3v) is 5.66. The number of nitrogens with zero attached hydrogens (tertiary/aromatic N) is 2. The van der Waals surface area contributed by atoms with E-state index in [1.165, 1.54) is 23.1 Å². The number of benzene rings is 2. The Hall–Kier alpha value is -2.58. The molecule has 2 N–H and O–H groups in total. The van der Waals surface area contributed by atoms with Crippen LogP contribution in [0.4, 0.5) is 5.13 Å². The third-order valence-electron chi connectivity index (χ3n) is 3.85. The zero-order valence-corrected chi connectivity index (χ0v) is 16.3. The Balaban J connectivity index is 1.32. The number of fused-ring (bicyclic) bond motifs is 2. The lowest BCUT2D eigenvalue weighted by molar-refractivity contribution is -0.115. The van der Waals surface area contributed by atoms with Gasteiger partial charge in [-0.15, -0.1) is 0 Å². The normalized spacial score (nSPS) is 11.1. The molecule has 0 bridgehead atoms. The number of carbonyl (C=O) groups is 1. The van der Waals surface area contributed by atoms with Crippen molar-refractivity contribution in [1.82, 2.24) is 15.0 Å². The summed E-state index contributed by atoms with van der Waals surface area (Å²) in [5.74, 6) is 1.40. The first-order valence-electron chi connectivity index (χ1n) is 8.62. The summed E-state index contributed by atoms with van der Waals surface area (Å²) >= 11 is 2.99. The lowest BCUT2D eigenvalue weighted by atomic mass is 10.3. The fourth-order valence-electron chi connectivity index (χ4n) is 2.63. The van der Waals surface area contributed by atoms with Gasteiger partial charge >= 0.3 is 0 Å². The standard InChI is InChI=1S/C19H18N4O2S2/c1-2-25-12-7-8-15-16(11-12)27-19(22-15)23-17(24)9-10-26-18-20-13-5-3-4-6-14(13)21-18/h3-8,11H,2,9-10H2,1H3,(H,20,21)(H,22,23,24). The fourth-order valence-corrected chi connectivity index (χ4v) is 4.37. The van der Waals surface area contributed by atoms with Crippen molar-refractivity contribution in [2.75, 3.05) is 17.7 Å². The second kappa shape index (κ2) is 7.98. The second-order valence-corrected chi connectivity index (χ2v) is 7.90. The summed E-state index contributed by atoms with van der Waals surface area (Å²) in [6.07, 6.45) is 0.391. The van der Waals surface area contributed by atoms with E-state index in [0.717, 1.165) is 32.2 Å². The van der Waals surface area contributed by atoms with Crippen molar-refractivity contribution in [2.24, 2.45) is 0 Å². The predicted octanol–water partition coefficient (Wildman–Crippen LogP) is 4.69. The van der Waals surface area contributed by atoms with Crippen LogP contribution in [0.2, 0.25) is 0 Å². The highest BCUT2D eigenvalue weighted by atomic mass is 32.2. The molecule has 0 radical (unpaired) electrons. The van der Waals surface area contributed by atoms with Crippen LogP contribution >= 0.6 is 23.1 Å². The monoisotopic (exact) mass is 398 g/mol. The molecule has 0 atom stereocenters. The largest absolute Gasteiger partial charge is 0.494 e. The molecule has 1 amide bonds. The highest BCUT2D eigenvalue weighted by Gasteiger charge is 2.10. The second-order valence-electron chi connectivity index (χ2n) is 5.79. The smallest absolute Gasteiger partial charge is 0.226 e. The quantitative estimate of drug-likeness (QED) is 0.441. The van der Waals surface area contributed by atoms with Gasteiger partial charge in [0.2, 0.25) is 5.91 Å². The number of thioether (sulfide) groups is 1. The summed E-state index contributed by atoms with van der Waals surface area (Å²) in [5.41, 5.74) is 2.80. The summed E-state index contributed by atoms with van der Waals surface area (Å²) in [5, 5.41) is 4.31. The van der Waals surface area contributed by atoms with Crippen molar-refractivity contribution in [3.05, 3.63) is 42.5 Å². The molecule has 138 valence electrons. The van der Waals surface area contributed by atoms with E-state index in [1.54, 1.807) is 0 Å². The number of hydrogen-bond donors (Lipinski definition) is 2. The van der Waals surface area contributed by atoms with E-state index in [4.69, 9.17) is 4.74 Å². The maximum Gasteiger partial charge on any atom is 0.226 e. The molecule has 2 aromatic heterocycles. The van der Waals surface area contributed by atoms with Gasteiger partial charge < -0.3 is 15.0 Å². The Kier molecular flexibility index (Phi) is 5.26. The van der Waals surface area contributed by atoms with E-state index >= 15 is 0 Å². The molecule has 0 aliphatic carbocycles. The minimum atomic E-state index is -0.0531. The van der Waals surface area contributed by atoms with Crippen LogP contribution in [0.25, 0.3) is 21.3 Å². The van der Waals surface area contributed by atoms with Gasteiger partial charge in [0.25, 0.3) is 0 Å². The number of thiazole rings is 1. The van der Waals surface area contributed by atoms with Crippen molar-refractivity contribution >= 4 is 55.4 Å². The van der Waals surface area contributed by atoms with Crippen LogP contribution in [0.3, 0.4) is 0 Å². The van der Waals surface area contributed by atoms with Crippen LogP contribution in [0.5, 0.6) is 5.75 Å². The van der Waals surface area contributed by atoms with Crippen LogP contribution in [0.15, 0.2) is 47.6 Å². The summed E-state index contributed by atoms with van der Waals surface area (Å²) in [6, 6.07) is 13.6. The highest BCUT2D eigenvalue weighted by Crippen LogP contribution is 2.29. The first-order chi connectivity index (χ1) is 13.2. The molecule has 6 nitrogen and oxygen atoms in total. The van der Waals surface area contributed by atoms with E-state index in [1.807, 2.05) is 49.4 Å². The summed E-state index contributed by atoms with van der Waals surface area (Å²) in [6.45, 7) is 2.57. The van der Waals surface area contributed by atoms with E-state index in [9.17, 15) is 4.79 Å². The number of anilines is 1. The number of aromatic amines is 1.